The van der Waals surface area contributed by atoms with E-state index in [1.165, 1.54) is 0 Å². The normalized spacial score (nSPS) is 20.0. The Morgan fingerprint density at radius 1 is 1.13 bits per heavy atom. The first-order valence-electron chi connectivity index (χ1n) is 10.8. The SMILES string of the molecule is CC(C)(C)OC(=O)N1CCN(CCC#Cc2ccc([C@@H]3CCC(=O)NC3=O)cc2)CC1. The molecule has 0 radical (unpaired) electrons. The molecule has 0 aromatic heterocycles. The summed E-state index contributed by atoms with van der Waals surface area (Å²) < 4.78 is 5.43. The van der Waals surface area contributed by atoms with Crippen LogP contribution in [-0.2, 0) is 14.3 Å². The summed E-state index contributed by atoms with van der Waals surface area (Å²) in [7, 11) is 0. The molecular weight excluding hydrogens is 394 g/mol. The fourth-order valence-electron chi connectivity index (χ4n) is 3.67. The summed E-state index contributed by atoms with van der Waals surface area (Å²) in [5.74, 6) is 5.69. The van der Waals surface area contributed by atoms with Crippen LogP contribution >= 0.6 is 0 Å². The van der Waals surface area contributed by atoms with Gasteiger partial charge in [-0.3, -0.25) is 19.8 Å². The predicted octanol–water partition coefficient (Wildman–Crippen LogP) is 2.50. The summed E-state index contributed by atoms with van der Waals surface area (Å²) in [6.45, 7) is 9.48. The Bertz CT molecular complexity index is 869. The number of nitrogens with zero attached hydrogens (tertiary/aromatic N) is 2. The molecule has 0 spiro atoms. The van der Waals surface area contributed by atoms with Crippen molar-refractivity contribution >= 4 is 17.9 Å². The zero-order valence-corrected chi connectivity index (χ0v) is 18.6. The second kappa shape index (κ2) is 9.97. The van der Waals surface area contributed by atoms with Gasteiger partial charge in [-0.15, -0.1) is 0 Å². The molecule has 2 saturated heterocycles. The summed E-state index contributed by atoms with van der Waals surface area (Å²) in [6.07, 6.45) is 1.44. The zero-order chi connectivity index (χ0) is 22.4. The van der Waals surface area contributed by atoms with E-state index in [0.29, 0.717) is 25.9 Å². The van der Waals surface area contributed by atoms with Crippen molar-refractivity contribution < 1.29 is 19.1 Å². The van der Waals surface area contributed by atoms with Gasteiger partial charge in [0.05, 0.1) is 5.92 Å². The molecule has 0 aliphatic carbocycles. The maximum Gasteiger partial charge on any atom is 0.410 e. The topological polar surface area (TPSA) is 79.0 Å². The van der Waals surface area contributed by atoms with Crippen LogP contribution in [0.25, 0.3) is 0 Å². The maximum atomic E-state index is 12.1. The molecule has 2 aliphatic heterocycles. The van der Waals surface area contributed by atoms with Crippen molar-refractivity contribution in [3.63, 3.8) is 0 Å². The number of carbonyl (C=O) groups excluding carboxylic acids is 3. The highest BCUT2D eigenvalue weighted by molar-refractivity contribution is 6.00. The first-order valence-corrected chi connectivity index (χ1v) is 10.8. The van der Waals surface area contributed by atoms with E-state index in [1.807, 2.05) is 45.0 Å². The average molecular weight is 426 g/mol. The molecule has 2 fully saturated rings. The molecule has 2 heterocycles. The van der Waals surface area contributed by atoms with Gasteiger partial charge in [-0.05, 0) is 44.9 Å². The average Bonchev–Trinajstić information content (AvgIpc) is 2.71. The van der Waals surface area contributed by atoms with Crippen LogP contribution in [0.3, 0.4) is 0 Å². The number of nitrogens with one attached hydrogen (secondary N) is 1. The van der Waals surface area contributed by atoms with Crippen LogP contribution in [0.4, 0.5) is 4.79 Å². The van der Waals surface area contributed by atoms with E-state index in [0.717, 1.165) is 37.2 Å². The van der Waals surface area contributed by atoms with Gasteiger partial charge in [-0.1, -0.05) is 24.0 Å². The molecular formula is C24H31N3O4. The van der Waals surface area contributed by atoms with Crippen LogP contribution in [-0.4, -0.2) is 66.0 Å². The van der Waals surface area contributed by atoms with E-state index in [1.54, 1.807) is 4.90 Å². The summed E-state index contributed by atoms with van der Waals surface area (Å²) in [6, 6.07) is 7.68. The lowest BCUT2D eigenvalue weighted by Gasteiger charge is -2.35. The van der Waals surface area contributed by atoms with Gasteiger partial charge < -0.3 is 9.64 Å². The summed E-state index contributed by atoms with van der Waals surface area (Å²) >= 11 is 0. The lowest BCUT2D eigenvalue weighted by atomic mass is 9.90. The smallest absolute Gasteiger partial charge is 0.410 e. The maximum absolute atomic E-state index is 12.1. The van der Waals surface area contributed by atoms with Gasteiger partial charge in [0.25, 0.3) is 0 Å². The Morgan fingerprint density at radius 3 is 2.42 bits per heavy atom. The Labute approximate surface area is 184 Å². The molecule has 1 atom stereocenters. The van der Waals surface area contributed by atoms with Crippen molar-refractivity contribution in [2.75, 3.05) is 32.7 Å². The minimum atomic E-state index is -0.468. The predicted molar refractivity (Wildman–Crippen MR) is 117 cm³/mol. The number of amides is 3. The fraction of sp³-hybridized carbons (Fsp3) is 0.542. The van der Waals surface area contributed by atoms with Crippen molar-refractivity contribution in [1.29, 1.82) is 0 Å². The highest BCUT2D eigenvalue weighted by Gasteiger charge is 2.28. The minimum absolute atomic E-state index is 0.199. The van der Waals surface area contributed by atoms with Crippen molar-refractivity contribution in [3.05, 3.63) is 35.4 Å². The summed E-state index contributed by atoms with van der Waals surface area (Å²) in [4.78, 5) is 39.5. The molecule has 1 aromatic carbocycles. The first kappa shape index (κ1) is 22.8. The van der Waals surface area contributed by atoms with E-state index in [4.69, 9.17) is 4.74 Å². The number of piperidine rings is 1. The molecule has 0 unspecified atom stereocenters. The number of hydrogen-bond donors (Lipinski definition) is 1. The lowest BCUT2D eigenvalue weighted by molar-refractivity contribution is -0.134. The number of hydrogen-bond acceptors (Lipinski definition) is 5. The van der Waals surface area contributed by atoms with E-state index in [-0.39, 0.29) is 23.8 Å². The molecule has 0 saturated carbocycles. The Balaban J connectivity index is 1.41. The van der Waals surface area contributed by atoms with Gasteiger partial charge in [-0.25, -0.2) is 4.79 Å². The molecule has 3 rings (SSSR count). The van der Waals surface area contributed by atoms with Gasteiger partial charge in [0.2, 0.25) is 11.8 Å². The first-order chi connectivity index (χ1) is 14.7. The van der Waals surface area contributed by atoms with Gasteiger partial charge >= 0.3 is 6.09 Å². The Hall–Kier alpha value is -2.85. The summed E-state index contributed by atoms with van der Waals surface area (Å²) in [5, 5.41) is 2.40. The molecule has 7 nitrogen and oxygen atoms in total. The number of carbonyl (C=O) groups is 3. The number of rotatable bonds is 3. The number of ether oxygens (including phenoxy) is 1. The highest BCUT2D eigenvalue weighted by Crippen LogP contribution is 2.24. The van der Waals surface area contributed by atoms with Gasteiger partial charge in [-0.2, -0.15) is 0 Å². The zero-order valence-electron chi connectivity index (χ0n) is 18.6. The van der Waals surface area contributed by atoms with E-state index >= 15 is 0 Å². The van der Waals surface area contributed by atoms with Crippen molar-refractivity contribution in [2.45, 2.75) is 51.6 Å². The molecule has 7 heteroatoms. The standard InChI is InChI=1S/C24H31N3O4/c1-24(2,3)31-23(30)27-16-14-26(15-17-27)13-5-4-6-18-7-9-19(10-8-18)20-11-12-21(28)25-22(20)29/h7-10,20H,5,11-17H2,1-3H3,(H,25,28,29)/t20-/m0/s1. The monoisotopic (exact) mass is 425 g/mol. The minimum Gasteiger partial charge on any atom is -0.444 e. The molecule has 3 amide bonds. The molecule has 1 N–H and O–H groups in total. The van der Waals surface area contributed by atoms with Crippen LogP contribution in [0, 0.1) is 11.8 Å². The van der Waals surface area contributed by atoms with Crippen LogP contribution in [0.1, 0.15) is 57.1 Å². The number of benzene rings is 1. The van der Waals surface area contributed by atoms with E-state index in [9.17, 15) is 14.4 Å². The van der Waals surface area contributed by atoms with Gasteiger partial charge in [0, 0.05) is 51.1 Å². The highest BCUT2D eigenvalue weighted by atomic mass is 16.6. The summed E-state index contributed by atoms with van der Waals surface area (Å²) in [5.41, 5.74) is 1.35. The molecule has 1 aromatic rings. The van der Waals surface area contributed by atoms with Crippen LogP contribution in [0.15, 0.2) is 24.3 Å². The molecule has 166 valence electrons. The quantitative estimate of drug-likeness (QED) is 0.595. The largest absolute Gasteiger partial charge is 0.444 e. The Morgan fingerprint density at radius 2 is 1.81 bits per heavy atom. The van der Waals surface area contributed by atoms with E-state index in [2.05, 4.69) is 22.1 Å². The van der Waals surface area contributed by atoms with Crippen molar-refractivity contribution in [2.24, 2.45) is 0 Å². The van der Waals surface area contributed by atoms with Crippen LogP contribution in [0.2, 0.25) is 0 Å². The van der Waals surface area contributed by atoms with E-state index < -0.39 is 5.60 Å². The molecule has 31 heavy (non-hydrogen) atoms. The molecule has 0 bridgehead atoms. The third-order valence-corrected chi connectivity index (χ3v) is 5.36. The second-order valence-corrected chi connectivity index (χ2v) is 8.99. The Kier molecular flexibility index (Phi) is 7.34. The van der Waals surface area contributed by atoms with Crippen LogP contribution < -0.4 is 5.32 Å². The lowest BCUT2D eigenvalue weighted by Crippen LogP contribution is -2.50. The number of imide groups is 1. The number of piperazine rings is 1. The second-order valence-electron chi connectivity index (χ2n) is 8.99. The fourth-order valence-corrected chi connectivity index (χ4v) is 3.67. The van der Waals surface area contributed by atoms with Gasteiger partial charge in [0.1, 0.15) is 5.60 Å². The van der Waals surface area contributed by atoms with Crippen LogP contribution in [0.5, 0.6) is 0 Å². The van der Waals surface area contributed by atoms with Crippen molar-refractivity contribution in [3.8, 4) is 11.8 Å². The third-order valence-electron chi connectivity index (χ3n) is 5.36. The molecule has 2 aliphatic rings. The third kappa shape index (κ3) is 6.83. The van der Waals surface area contributed by atoms with Crippen molar-refractivity contribution in [1.82, 2.24) is 15.1 Å². The van der Waals surface area contributed by atoms with Gasteiger partial charge in [0.15, 0.2) is 0 Å².